The molecule has 0 aliphatic carbocycles. The highest BCUT2D eigenvalue weighted by molar-refractivity contribution is 7.89. The number of hydrogen-bond acceptors (Lipinski definition) is 5. The van der Waals surface area contributed by atoms with Gasteiger partial charge in [0.05, 0.1) is 25.7 Å². The maximum absolute atomic E-state index is 12.3. The average Bonchev–Trinajstić information content (AvgIpc) is 2.59. The zero-order valence-corrected chi connectivity index (χ0v) is 13.6. The summed E-state index contributed by atoms with van der Waals surface area (Å²) < 4.78 is 37.0. The van der Waals surface area contributed by atoms with Gasteiger partial charge in [-0.2, -0.15) is 0 Å². The summed E-state index contributed by atoms with van der Waals surface area (Å²) in [5.74, 6) is 0.409. The molecule has 0 radical (unpaired) electrons. The standard InChI is InChI=1S/C16H17NO5S/c1-21-15-9-8-13(10-16(15)22-2)23(19,20)17-11-14(18)12-6-4-3-5-7-12/h3-10,17H,11H2,1-2H3. The van der Waals surface area contributed by atoms with Crippen LogP contribution in [0.5, 0.6) is 11.5 Å². The van der Waals surface area contributed by atoms with Gasteiger partial charge in [0.2, 0.25) is 10.0 Å². The summed E-state index contributed by atoms with van der Waals surface area (Å²) >= 11 is 0. The number of carbonyl (C=O) groups is 1. The summed E-state index contributed by atoms with van der Waals surface area (Å²) in [5.41, 5.74) is 0.447. The summed E-state index contributed by atoms with van der Waals surface area (Å²) in [7, 11) is -0.949. The van der Waals surface area contributed by atoms with Crippen LogP contribution in [0.2, 0.25) is 0 Å². The van der Waals surface area contributed by atoms with Crippen LogP contribution >= 0.6 is 0 Å². The molecule has 2 aromatic rings. The first-order valence-corrected chi connectivity index (χ1v) is 8.26. The van der Waals surface area contributed by atoms with E-state index in [0.29, 0.717) is 17.1 Å². The lowest BCUT2D eigenvalue weighted by atomic mass is 10.1. The molecule has 7 heteroatoms. The highest BCUT2D eigenvalue weighted by atomic mass is 32.2. The first-order chi connectivity index (χ1) is 11.0. The normalized spacial score (nSPS) is 11.0. The molecule has 1 N–H and O–H groups in total. The fourth-order valence-electron chi connectivity index (χ4n) is 1.95. The molecule has 0 spiro atoms. The topological polar surface area (TPSA) is 81.7 Å². The van der Waals surface area contributed by atoms with Crippen LogP contribution in [0.15, 0.2) is 53.4 Å². The molecule has 0 aliphatic heterocycles. The number of Topliss-reactive ketones (excluding diaryl/α,β-unsaturated/α-hetero) is 1. The van der Waals surface area contributed by atoms with E-state index in [2.05, 4.69) is 4.72 Å². The molecular formula is C16H17NO5S. The molecule has 23 heavy (non-hydrogen) atoms. The van der Waals surface area contributed by atoms with E-state index in [1.165, 1.54) is 32.4 Å². The number of benzene rings is 2. The molecule has 0 saturated carbocycles. The van der Waals surface area contributed by atoms with Crippen molar-refractivity contribution in [2.24, 2.45) is 0 Å². The van der Waals surface area contributed by atoms with E-state index < -0.39 is 10.0 Å². The Morgan fingerprint density at radius 1 is 1.00 bits per heavy atom. The molecule has 0 fully saturated rings. The molecule has 0 aliphatic rings. The summed E-state index contributed by atoms with van der Waals surface area (Å²) in [6, 6.07) is 12.7. The van der Waals surface area contributed by atoms with Crippen LogP contribution in [0.4, 0.5) is 0 Å². The summed E-state index contributed by atoms with van der Waals surface area (Å²) in [4.78, 5) is 12.0. The maximum Gasteiger partial charge on any atom is 0.241 e. The average molecular weight is 335 g/mol. The van der Waals surface area contributed by atoms with Crippen molar-refractivity contribution in [3.8, 4) is 11.5 Å². The molecule has 0 heterocycles. The lowest BCUT2D eigenvalue weighted by molar-refractivity contribution is 0.0997. The van der Waals surface area contributed by atoms with Gasteiger partial charge in [-0.3, -0.25) is 4.79 Å². The second-order valence-electron chi connectivity index (χ2n) is 4.63. The monoisotopic (exact) mass is 335 g/mol. The zero-order valence-electron chi connectivity index (χ0n) is 12.8. The van der Waals surface area contributed by atoms with Gasteiger partial charge in [-0.25, -0.2) is 13.1 Å². The largest absolute Gasteiger partial charge is 0.493 e. The molecule has 0 amide bonds. The Balaban J connectivity index is 2.14. The van der Waals surface area contributed by atoms with Crippen LogP contribution in [-0.2, 0) is 10.0 Å². The lowest BCUT2D eigenvalue weighted by Crippen LogP contribution is -2.29. The second kappa shape index (κ2) is 7.26. The van der Waals surface area contributed by atoms with Crippen LogP contribution in [0.25, 0.3) is 0 Å². The smallest absolute Gasteiger partial charge is 0.241 e. The molecule has 0 aromatic heterocycles. The van der Waals surface area contributed by atoms with Gasteiger partial charge in [-0.05, 0) is 12.1 Å². The first-order valence-electron chi connectivity index (χ1n) is 6.78. The number of ketones is 1. The summed E-state index contributed by atoms with van der Waals surface area (Å²) in [6.07, 6.45) is 0. The van der Waals surface area contributed by atoms with Crippen molar-refractivity contribution >= 4 is 15.8 Å². The Labute approximate surface area is 135 Å². The van der Waals surface area contributed by atoms with Crippen molar-refractivity contribution in [2.75, 3.05) is 20.8 Å². The van der Waals surface area contributed by atoms with Gasteiger partial charge in [0, 0.05) is 11.6 Å². The molecule has 0 atom stereocenters. The van der Waals surface area contributed by atoms with Crippen LogP contribution in [0, 0.1) is 0 Å². The highest BCUT2D eigenvalue weighted by Gasteiger charge is 2.18. The Morgan fingerprint density at radius 3 is 2.26 bits per heavy atom. The predicted octanol–water partition coefficient (Wildman–Crippen LogP) is 1.86. The Bertz CT molecular complexity index is 787. The van der Waals surface area contributed by atoms with Gasteiger partial charge in [0.15, 0.2) is 17.3 Å². The number of methoxy groups -OCH3 is 2. The molecule has 6 nitrogen and oxygen atoms in total. The van der Waals surface area contributed by atoms with Gasteiger partial charge in [-0.1, -0.05) is 30.3 Å². The minimum absolute atomic E-state index is 0.00369. The van der Waals surface area contributed by atoms with E-state index in [9.17, 15) is 13.2 Å². The summed E-state index contributed by atoms with van der Waals surface area (Å²) in [6.45, 7) is -0.319. The van der Waals surface area contributed by atoms with Crippen LogP contribution in [-0.4, -0.2) is 35.0 Å². The van der Waals surface area contributed by atoms with Gasteiger partial charge >= 0.3 is 0 Å². The van der Waals surface area contributed by atoms with Crippen molar-refractivity contribution < 1.29 is 22.7 Å². The van der Waals surface area contributed by atoms with Crippen LogP contribution < -0.4 is 14.2 Å². The minimum atomic E-state index is -3.83. The van der Waals surface area contributed by atoms with E-state index in [0.717, 1.165) is 0 Å². The molecule has 0 unspecified atom stereocenters. The molecule has 2 aromatic carbocycles. The van der Waals surface area contributed by atoms with E-state index in [4.69, 9.17) is 9.47 Å². The quantitative estimate of drug-likeness (QED) is 0.781. The minimum Gasteiger partial charge on any atom is -0.493 e. The van der Waals surface area contributed by atoms with Crippen molar-refractivity contribution in [3.05, 3.63) is 54.1 Å². The van der Waals surface area contributed by atoms with Gasteiger partial charge in [0.1, 0.15) is 0 Å². The van der Waals surface area contributed by atoms with Crippen molar-refractivity contribution in [1.29, 1.82) is 0 Å². The predicted molar refractivity (Wildman–Crippen MR) is 85.5 cm³/mol. The molecule has 2 rings (SSSR count). The van der Waals surface area contributed by atoms with Crippen molar-refractivity contribution in [2.45, 2.75) is 4.90 Å². The lowest BCUT2D eigenvalue weighted by Gasteiger charge is -2.10. The van der Waals surface area contributed by atoms with Crippen LogP contribution in [0.3, 0.4) is 0 Å². The van der Waals surface area contributed by atoms with E-state index in [1.807, 2.05) is 0 Å². The fraction of sp³-hybridized carbons (Fsp3) is 0.188. The molecular weight excluding hydrogens is 318 g/mol. The van der Waals surface area contributed by atoms with Crippen molar-refractivity contribution in [3.63, 3.8) is 0 Å². The third-order valence-corrected chi connectivity index (χ3v) is 4.58. The van der Waals surface area contributed by atoms with E-state index in [-0.39, 0.29) is 17.2 Å². The number of ether oxygens (including phenoxy) is 2. The summed E-state index contributed by atoms with van der Waals surface area (Å²) in [5, 5.41) is 0. The van der Waals surface area contributed by atoms with E-state index >= 15 is 0 Å². The third-order valence-electron chi connectivity index (χ3n) is 3.18. The number of rotatable bonds is 7. The highest BCUT2D eigenvalue weighted by Crippen LogP contribution is 2.29. The number of sulfonamides is 1. The second-order valence-corrected chi connectivity index (χ2v) is 6.40. The number of carbonyl (C=O) groups excluding carboxylic acids is 1. The molecule has 122 valence electrons. The molecule has 0 saturated heterocycles. The molecule has 0 bridgehead atoms. The Morgan fingerprint density at radius 2 is 1.65 bits per heavy atom. The van der Waals surface area contributed by atoms with Gasteiger partial charge in [0.25, 0.3) is 0 Å². The van der Waals surface area contributed by atoms with Crippen molar-refractivity contribution in [1.82, 2.24) is 4.72 Å². The number of nitrogens with one attached hydrogen (secondary N) is 1. The van der Waals surface area contributed by atoms with E-state index in [1.54, 1.807) is 30.3 Å². The Kier molecular flexibility index (Phi) is 5.36. The van der Waals surface area contributed by atoms with Gasteiger partial charge < -0.3 is 9.47 Å². The Hall–Kier alpha value is -2.38. The van der Waals surface area contributed by atoms with Crippen LogP contribution in [0.1, 0.15) is 10.4 Å². The zero-order chi connectivity index (χ0) is 16.9. The third kappa shape index (κ3) is 4.08. The maximum atomic E-state index is 12.3. The number of hydrogen-bond donors (Lipinski definition) is 1. The van der Waals surface area contributed by atoms with Gasteiger partial charge in [-0.15, -0.1) is 0 Å². The first kappa shape index (κ1) is 17.0. The SMILES string of the molecule is COc1ccc(S(=O)(=O)NCC(=O)c2ccccc2)cc1OC. The fourth-order valence-corrected chi connectivity index (χ4v) is 2.95.